The first-order valence-electron chi connectivity index (χ1n) is 9.21. The summed E-state index contributed by atoms with van der Waals surface area (Å²) in [6.45, 7) is 2.42. The SMILES string of the molecule is Cc1cccc(COc2ccc(/C=C(\NC(=O)c3ccccc3F)C(=O)O)cc2)c1. The molecule has 0 bridgehead atoms. The summed E-state index contributed by atoms with van der Waals surface area (Å²) < 4.78 is 19.5. The molecule has 0 unspecified atom stereocenters. The molecular formula is C24H20FNO4. The van der Waals surface area contributed by atoms with Gasteiger partial charge in [-0.2, -0.15) is 0 Å². The second-order valence-corrected chi connectivity index (χ2v) is 6.64. The van der Waals surface area contributed by atoms with Crippen LogP contribution < -0.4 is 10.1 Å². The summed E-state index contributed by atoms with van der Waals surface area (Å²) in [5, 5.41) is 11.6. The fourth-order valence-corrected chi connectivity index (χ4v) is 2.78. The molecule has 0 saturated carbocycles. The molecule has 0 aromatic heterocycles. The fourth-order valence-electron chi connectivity index (χ4n) is 2.78. The molecule has 0 fully saturated rings. The van der Waals surface area contributed by atoms with Crippen LogP contribution >= 0.6 is 0 Å². The highest BCUT2D eigenvalue weighted by molar-refractivity contribution is 6.02. The van der Waals surface area contributed by atoms with Gasteiger partial charge in [0.1, 0.15) is 23.9 Å². The summed E-state index contributed by atoms with van der Waals surface area (Å²) in [6.07, 6.45) is 1.30. The largest absolute Gasteiger partial charge is 0.489 e. The van der Waals surface area contributed by atoms with Gasteiger partial charge in [-0.1, -0.05) is 54.1 Å². The number of carbonyl (C=O) groups excluding carboxylic acids is 1. The molecule has 2 N–H and O–H groups in total. The lowest BCUT2D eigenvalue weighted by molar-refractivity contribution is -0.132. The number of benzene rings is 3. The first-order chi connectivity index (χ1) is 14.4. The molecule has 5 nitrogen and oxygen atoms in total. The number of carbonyl (C=O) groups is 2. The minimum atomic E-state index is -1.33. The lowest BCUT2D eigenvalue weighted by Crippen LogP contribution is -2.27. The first-order valence-corrected chi connectivity index (χ1v) is 9.21. The van der Waals surface area contributed by atoms with E-state index in [1.807, 2.05) is 31.2 Å². The molecule has 0 aliphatic carbocycles. The van der Waals surface area contributed by atoms with Gasteiger partial charge < -0.3 is 15.2 Å². The second-order valence-electron chi connectivity index (χ2n) is 6.64. The molecule has 0 saturated heterocycles. The van der Waals surface area contributed by atoms with Gasteiger partial charge in [0.25, 0.3) is 5.91 Å². The van der Waals surface area contributed by atoms with Gasteiger partial charge in [-0.25, -0.2) is 9.18 Å². The Morgan fingerprint density at radius 1 is 1.03 bits per heavy atom. The Hall–Kier alpha value is -3.93. The zero-order valence-electron chi connectivity index (χ0n) is 16.3. The number of carboxylic acids is 1. The van der Waals surface area contributed by atoms with E-state index in [1.165, 1.54) is 24.3 Å². The standard InChI is InChI=1S/C24H20FNO4/c1-16-5-4-6-18(13-16)15-30-19-11-9-17(10-12-19)14-22(24(28)29)26-23(27)20-7-2-3-8-21(20)25/h2-14H,15H2,1H3,(H,26,27)(H,28,29)/b22-14-. The van der Waals surface area contributed by atoms with Crippen LogP contribution in [-0.4, -0.2) is 17.0 Å². The zero-order valence-corrected chi connectivity index (χ0v) is 16.3. The van der Waals surface area contributed by atoms with Crippen LogP contribution in [0.25, 0.3) is 6.08 Å². The van der Waals surface area contributed by atoms with Crippen LogP contribution in [0, 0.1) is 12.7 Å². The molecule has 30 heavy (non-hydrogen) atoms. The van der Waals surface area contributed by atoms with Crippen LogP contribution in [-0.2, 0) is 11.4 Å². The molecule has 1 amide bonds. The lowest BCUT2D eigenvalue weighted by atomic mass is 10.1. The van der Waals surface area contributed by atoms with Crippen molar-refractivity contribution in [2.45, 2.75) is 13.5 Å². The first kappa shape index (κ1) is 20.8. The Labute approximate surface area is 173 Å². The molecule has 0 aliphatic heterocycles. The van der Waals surface area contributed by atoms with Crippen molar-refractivity contribution < 1.29 is 23.8 Å². The fraction of sp³-hybridized carbons (Fsp3) is 0.0833. The number of rotatable bonds is 7. The van der Waals surface area contributed by atoms with Crippen LogP contribution in [0.5, 0.6) is 5.75 Å². The smallest absolute Gasteiger partial charge is 0.352 e. The molecule has 0 atom stereocenters. The summed E-state index contributed by atoms with van der Waals surface area (Å²) in [5.74, 6) is -2.27. The molecule has 3 rings (SSSR count). The summed E-state index contributed by atoms with van der Waals surface area (Å²) in [7, 11) is 0. The van der Waals surface area contributed by atoms with Crippen molar-refractivity contribution in [1.29, 1.82) is 0 Å². The van der Waals surface area contributed by atoms with Gasteiger partial charge in [0.2, 0.25) is 0 Å². The van der Waals surface area contributed by atoms with E-state index in [9.17, 15) is 19.1 Å². The number of carboxylic acid groups (broad SMARTS) is 1. The van der Waals surface area contributed by atoms with E-state index in [0.29, 0.717) is 17.9 Å². The highest BCUT2D eigenvalue weighted by atomic mass is 19.1. The molecule has 0 spiro atoms. The van der Waals surface area contributed by atoms with Gasteiger partial charge in [0.15, 0.2) is 0 Å². The van der Waals surface area contributed by atoms with Crippen LogP contribution in [0.15, 0.2) is 78.5 Å². The van der Waals surface area contributed by atoms with Gasteiger partial charge >= 0.3 is 5.97 Å². The van der Waals surface area contributed by atoms with E-state index in [0.717, 1.165) is 17.2 Å². The zero-order chi connectivity index (χ0) is 21.5. The third kappa shape index (κ3) is 5.54. The van der Waals surface area contributed by atoms with Gasteiger partial charge in [0, 0.05) is 0 Å². The second kappa shape index (κ2) is 9.52. The molecule has 3 aromatic rings. The average molecular weight is 405 g/mol. The van der Waals surface area contributed by atoms with E-state index in [4.69, 9.17) is 4.74 Å². The van der Waals surface area contributed by atoms with Crippen molar-refractivity contribution in [3.8, 4) is 5.75 Å². The number of aliphatic carboxylic acids is 1. The normalized spacial score (nSPS) is 11.1. The molecular weight excluding hydrogens is 385 g/mol. The number of aryl methyl sites for hydroxylation is 1. The summed E-state index contributed by atoms with van der Waals surface area (Å²) in [6, 6.07) is 20.1. The summed E-state index contributed by atoms with van der Waals surface area (Å²) >= 11 is 0. The highest BCUT2D eigenvalue weighted by Gasteiger charge is 2.16. The highest BCUT2D eigenvalue weighted by Crippen LogP contribution is 2.17. The molecule has 0 heterocycles. The minimum absolute atomic E-state index is 0.232. The van der Waals surface area contributed by atoms with Gasteiger partial charge in [-0.15, -0.1) is 0 Å². The van der Waals surface area contributed by atoms with E-state index >= 15 is 0 Å². The monoisotopic (exact) mass is 405 g/mol. The molecule has 0 aliphatic rings. The molecule has 6 heteroatoms. The third-order valence-electron chi connectivity index (χ3n) is 4.28. The van der Waals surface area contributed by atoms with E-state index < -0.39 is 17.7 Å². The van der Waals surface area contributed by atoms with E-state index in [2.05, 4.69) is 5.32 Å². The van der Waals surface area contributed by atoms with Crippen molar-refractivity contribution in [3.05, 3.63) is 107 Å². The van der Waals surface area contributed by atoms with Gasteiger partial charge in [-0.3, -0.25) is 4.79 Å². The van der Waals surface area contributed by atoms with E-state index in [-0.39, 0.29) is 11.3 Å². The number of ether oxygens (including phenoxy) is 1. The maximum absolute atomic E-state index is 13.7. The van der Waals surface area contributed by atoms with Crippen molar-refractivity contribution in [2.75, 3.05) is 0 Å². The third-order valence-corrected chi connectivity index (χ3v) is 4.28. The van der Waals surface area contributed by atoms with Crippen LogP contribution in [0.3, 0.4) is 0 Å². The quantitative estimate of drug-likeness (QED) is 0.565. The summed E-state index contributed by atoms with van der Waals surface area (Å²) in [4.78, 5) is 23.7. The van der Waals surface area contributed by atoms with E-state index in [1.54, 1.807) is 24.3 Å². The number of nitrogens with one attached hydrogen (secondary N) is 1. The Morgan fingerprint density at radius 3 is 2.43 bits per heavy atom. The van der Waals surface area contributed by atoms with Crippen molar-refractivity contribution in [1.82, 2.24) is 5.32 Å². The van der Waals surface area contributed by atoms with Crippen LogP contribution in [0.1, 0.15) is 27.0 Å². The van der Waals surface area contributed by atoms with Crippen molar-refractivity contribution in [2.24, 2.45) is 0 Å². The maximum atomic E-state index is 13.7. The molecule has 152 valence electrons. The van der Waals surface area contributed by atoms with Crippen molar-refractivity contribution in [3.63, 3.8) is 0 Å². The number of amides is 1. The van der Waals surface area contributed by atoms with Gasteiger partial charge in [0.05, 0.1) is 5.56 Å². The van der Waals surface area contributed by atoms with Crippen LogP contribution in [0.4, 0.5) is 4.39 Å². The maximum Gasteiger partial charge on any atom is 0.352 e. The topological polar surface area (TPSA) is 75.6 Å². The van der Waals surface area contributed by atoms with Gasteiger partial charge in [-0.05, 0) is 48.4 Å². The predicted molar refractivity (Wildman–Crippen MR) is 111 cm³/mol. The minimum Gasteiger partial charge on any atom is -0.489 e. The number of hydrogen-bond acceptors (Lipinski definition) is 3. The number of hydrogen-bond donors (Lipinski definition) is 2. The van der Waals surface area contributed by atoms with Crippen molar-refractivity contribution >= 4 is 18.0 Å². The molecule has 3 aromatic carbocycles. The average Bonchev–Trinajstić information content (AvgIpc) is 2.73. The van der Waals surface area contributed by atoms with Crippen LogP contribution in [0.2, 0.25) is 0 Å². The Morgan fingerprint density at radius 2 is 1.77 bits per heavy atom. The Bertz CT molecular complexity index is 1090. The lowest BCUT2D eigenvalue weighted by Gasteiger charge is -2.09. The predicted octanol–water partition coefficient (Wildman–Crippen LogP) is 4.57. The Balaban J connectivity index is 1.69. The summed E-state index contributed by atoms with van der Waals surface area (Å²) in [5.41, 5.74) is 2.14. The Kier molecular flexibility index (Phi) is 6.60. The number of halogens is 1. The molecule has 0 radical (unpaired) electrons.